The van der Waals surface area contributed by atoms with Crippen LogP contribution in [-0.4, -0.2) is 20.5 Å². The van der Waals surface area contributed by atoms with Gasteiger partial charge in [-0.25, -0.2) is 13.4 Å². The first kappa shape index (κ1) is 13.8. The monoisotopic (exact) mass is 342 g/mol. The Morgan fingerprint density at radius 3 is 2.68 bits per heavy atom. The number of halogens is 1. The molecule has 0 aliphatic heterocycles. The fourth-order valence-electron chi connectivity index (χ4n) is 1.43. The molecular weight excluding hydrogens is 332 g/mol. The van der Waals surface area contributed by atoms with Crippen LogP contribution in [0.3, 0.4) is 0 Å². The molecule has 100 valence electrons. The van der Waals surface area contributed by atoms with Gasteiger partial charge in [-0.15, -0.1) is 0 Å². The van der Waals surface area contributed by atoms with Crippen LogP contribution in [0.1, 0.15) is 0 Å². The average Bonchev–Trinajstić information content (AvgIpc) is 2.39. The highest BCUT2D eigenvalue weighted by Gasteiger charge is 2.16. The van der Waals surface area contributed by atoms with Crippen LogP contribution in [0.2, 0.25) is 0 Å². The molecular formula is C12H11BrN2O3S. The number of sulfonamides is 1. The lowest BCUT2D eigenvalue weighted by atomic mass is 10.3. The van der Waals surface area contributed by atoms with Gasteiger partial charge >= 0.3 is 0 Å². The van der Waals surface area contributed by atoms with Crippen molar-refractivity contribution in [2.75, 3.05) is 11.8 Å². The maximum Gasteiger partial charge on any atom is 0.263 e. The second-order valence-electron chi connectivity index (χ2n) is 3.62. The minimum atomic E-state index is -3.68. The summed E-state index contributed by atoms with van der Waals surface area (Å²) in [5, 5.41) is 0. The number of pyridine rings is 1. The fourth-order valence-corrected chi connectivity index (χ4v) is 2.86. The molecule has 0 saturated heterocycles. The predicted molar refractivity (Wildman–Crippen MR) is 75.7 cm³/mol. The van der Waals surface area contributed by atoms with E-state index in [1.54, 1.807) is 24.3 Å². The third-order valence-electron chi connectivity index (χ3n) is 2.34. The summed E-state index contributed by atoms with van der Waals surface area (Å²) < 4.78 is 32.5. The molecule has 1 aromatic heterocycles. The lowest BCUT2D eigenvalue weighted by molar-refractivity contribution is 0.411. The second-order valence-corrected chi connectivity index (χ2v) is 6.15. The van der Waals surface area contributed by atoms with Gasteiger partial charge in [0.1, 0.15) is 11.6 Å². The first-order chi connectivity index (χ1) is 9.03. The standard InChI is InChI=1S/C12H11BrN2O3S/c1-18-11-8-9(5-6-10(11)13)19(16,17)15-12-4-2-3-7-14-12/h2-8H,1H3,(H,14,15). The van der Waals surface area contributed by atoms with Crippen molar-refractivity contribution in [1.29, 1.82) is 0 Å². The molecule has 1 heterocycles. The fraction of sp³-hybridized carbons (Fsp3) is 0.0833. The van der Waals surface area contributed by atoms with Crippen molar-refractivity contribution in [3.05, 3.63) is 47.1 Å². The molecule has 0 spiro atoms. The number of rotatable bonds is 4. The van der Waals surface area contributed by atoms with Crippen molar-refractivity contribution in [3.63, 3.8) is 0 Å². The molecule has 2 aromatic rings. The van der Waals surface area contributed by atoms with Gasteiger partial charge < -0.3 is 4.74 Å². The number of nitrogens with zero attached hydrogens (tertiary/aromatic N) is 1. The number of methoxy groups -OCH3 is 1. The van der Waals surface area contributed by atoms with E-state index in [2.05, 4.69) is 25.6 Å². The van der Waals surface area contributed by atoms with Crippen molar-refractivity contribution in [1.82, 2.24) is 4.98 Å². The molecule has 0 bridgehead atoms. The van der Waals surface area contributed by atoms with Gasteiger partial charge in [0.2, 0.25) is 0 Å². The summed E-state index contributed by atoms with van der Waals surface area (Å²) in [6, 6.07) is 9.53. The maximum atomic E-state index is 12.2. The third kappa shape index (κ3) is 3.24. The quantitative estimate of drug-likeness (QED) is 0.927. The lowest BCUT2D eigenvalue weighted by Crippen LogP contribution is -2.13. The second kappa shape index (κ2) is 5.58. The Bertz CT molecular complexity index is 675. The van der Waals surface area contributed by atoms with Gasteiger partial charge in [0, 0.05) is 12.3 Å². The molecule has 1 aromatic carbocycles. The molecule has 1 N–H and O–H groups in total. The molecule has 0 amide bonds. The van der Waals surface area contributed by atoms with Gasteiger partial charge in [-0.2, -0.15) is 0 Å². The van der Waals surface area contributed by atoms with Crippen LogP contribution in [0, 0.1) is 0 Å². The van der Waals surface area contributed by atoms with E-state index in [1.807, 2.05) is 0 Å². The Hall–Kier alpha value is -1.60. The highest BCUT2D eigenvalue weighted by atomic mass is 79.9. The minimum Gasteiger partial charge on any atom is -0.496 e. The van der Waals surface area contributed by atoms with E-state index in [4.69, 9.17) is 4.74 Å². The Morgan fingerprint density at radius 1 is 1.26 bits per heavy atom. The van der Waals surface area contributed by atoms with E-state index in [9.17, 15) is 8.42 Å². The first-order valence-corrected chi connectivity index (χ1v) is 7.58. The SMILES string of the molecule is COc1cc(S(=O)(=O)Nc2ccccn2)ccc1Br. The van der Waals surface area contributed by atoms with Crippen LogP contribution in [-0.2, 0) is 10.0 Å². The molecule has 0 radical (unpaired) electrons. The summed E-state index contributed by atoms with van der Waals surface area (Å²) in [6.07, 6.45) is 1.51. The third-order valence-corrected chi connectivity index (χ3v) is 4.34. The van der Waals surface area contributed by atoms with Crippen molar-refractivity contribution >= 4 is 31.8 Å². The van der Waals surface area contributed by atoms with Gasteiger partial charge in [0.05, 0.1) is 16.5 Å². The first-order valence-electron chi connectivity index (χ1n) is 5.30. The van der Waals surface area contributed by atoms with Crippen molar-refractivity contribution < 1.29 is 13.2 Å². The molecule has 7 heteroatoms. The summed E-state index contributed by atoms with van der Waals surface area (Å²) >= 11 is 3.27. The molecule has 0 fully saturated rings. The maximum absolute atomic E-state index is 12.2. The number of anilines is 1. The number of benzene rings is 1. The zero-order valence-corrected chi connectivity index (χ0v) is 12.4. The Morgan fingerprint density at radius 2 is 2.05 bits per heavy atom. The zero-order valence-electron chi connectivity index (χ0n) is 10.00. The molecule has 0 saturated carbocycles. The predicted octanol–water partition coefficient (Wildman–Crippen LogP) is 2.65. The number of ether oxygens (including phenoxy) is 1. The van der Waals surface area contributed by atoms with Gasteiger partial charge in [0.25, 0.3) is 10.0 Å². The average molecular weight is 343 g/mol. The zero-order chi connectivity index (χ0) is 13.9. The smallest absolute Gasteiger partial charge is 0.263 e. The normalized spacial score (nSPS) is 11.1. The van der Waals surface area contributed by atoms with E-state index in [0.717, 1.165) is 0 Å². The van der Waals surface area contributed by atoms with Crippen LogP contribution in [0.4, 0.5) is 5.82 Å². The Balaban J connectivity index is 2.35. The van der Waals surface area contributed by atoms with Gasteiger partial charge in [-0.1, -0.05) is 6.07 Å². The van der Waals surface area contributed by atoms with Gasteiger partial charge in [-0.3, -0.25) is 4.72 Å². The molecule has 0 aliphatic carbocycles. The molecule has 0 aliphatic rings. The number of aromatic nitrogens is 1. The topological polar surface area (TPSA) is 68.3 Å². The van der Waals surface area contributed by atoms with Crippen molar-refractivity contribution in [2.24, 2.45) is 0 Å². The van der Waals surface area contributed by atoms with Crippen LogP contribution in [0.5, 0.6) is 5.75 Å². The summed E-state index contributed by atoms with van der Waals surface area (Å²) in [5.41, 5.74) is 0. The van der Waals surface area contributed by atoms with E-state index in [1.165, 1.54) is 25.4 Å². The minimum absolute atomic E-state index is 0.109. The summed E-state index contributed by atoms with van der Waals surface area (Å²) in [6.45, 7) is 0. The number of hydrogen-bond donors (Lipinski definition) is 1. The van der Waals surface area contributed by atoms with E-state index in [-0.39, 0.29) is 10.7 Å². The Kier molecular flexibility index (Phi) is 4.06. The van der Waals surface area contributed by atoms with Gasteiger partial charge in [-0.05, 0) is 40.2 Å². The highest BCUT2D eigenvalue weighted by Crippen LogP contribution is 2.28. The van der Waals surface area contributed by atoms with Crippen LogP contribution in [0.25, 0.3) is 0 Å². The van der Waals surface area contributed by atoms with E-state index >= 15 is 0 Å². The van der Waals surface area contributed by atoms with Crippen molar-refractivity contribution in [2.45, 2.75) is 4.90 Å². The highest BCUT2D eigenvalue weighted by molar-refractivity contribution is 9.10. The molecule has 19 heavy (non-hydrogen) atoms. The number of nitrogens with one attached hydrogen (secondary N) is 1. The van der Waals surface area contributed by atoms with Crippen LogP contribution in [0.15, 0.2) is 52.0 Å². The molecule has 0 unspecified atom stereocenters. The largest absolute Gasteiger partial charge is 0.496 e. The van der Waals surface area contributed by atoms with E-state index < -0.39 is 10.0 Å². The molecule has 0 atom stereocenters. The Labute approximate surface area is 119 Å². The van der Waals surface area contributed by atoms with Crippen LogP contribution < -0.4 is 9.46 Å². The molecule has 5 nitrogen and oxygen atoms in total. The van der Waals surface area contributed by atoms with Crippen LogP contribution >= 0.6 is 15.9 Å². The number of hydrogen-bond acceptors (Lipinski definition) is 4. The molecule has 2 rings (SSSR count). The summed E-state index contributed by atoms with van der Waals surface area (Å²) in [7, 11) is -2.20. The van der Waals surface area contributed by atoms with E-state index in [0.29, 0.717) is 10.2 Å². The summed E-state index contributed by atoms with van der Waals surface area (Å²) in [5.74, 6) is 0.716. The van der Waals surface area contributed by atoms with Gasteiger partial charge in [0.15, 0.2) is 0 Å². The lowest BCUT2D eigenvalue weighted by Gasteiger charge is -2.09. The van der Waals surface area contributed by atoms with Crippen molar-refractivity contribution in [3.8, 4) is 5.75 Å². The summed E-state index contributed by atoms with van der Waals surface area (Å²) in [4.78, 5) is 4.03.